The molecule has 0 saturated carbocycles. The molecule has 0 spiro atoms. The molecule has 2 heterocycles. The molecule has 2 saturated heterocycles. The van der Waals surface area contributed by atoms with Gasteiger partial charge in [-0.05, 0) is 38.5 Å². The maximum Gasteiger partial charge on any atom is 0.130 e. The molecule has 0 aliphatic carbocycles. The van der Waals surface area contributed by atoms with Crippen LogP contribution in [0.5, 0.6) is 0 Å². The van der Waals surface area contributed by atoms with Crippen LogP contribution in [0, 0.1) is 0 Å². The molecule has 2 fully saturated rings. The first-order chi connectivity index (χ1) is 7.45. The van der Waals surface area contributed by atoms with E-state index in [-0.39, 0.29) is 10.9 Å². The Bertz CT molecular complexity index is 146. The van der Waals surface area contributed by atoms with Crippen LogP contribution < -0.4 is 0 Å². The zero-order valence-electron chi connectivity index (χ0n) is 8.85. The number of ether oxygens (including phenoxy) is 1. The minimum atomic E-state index is 0.201. The minimum absolute atomic E-state index is 0.201. The molecule has 2 unspecified atom stereocenters. The maximum atomic E-state index is 5.97. The molecular formula is C10H18O3S2. The lowest BCUT2D eigenvalue weighted by Crippen LogP contribution is -2.16. The van der Waals surface area contributed by atoms with Crippen molar-refractivity contribution >= 4 is 24.1 Å². The smallest absolute Gasteiger partial charge is 0.130 e. The third-order valence-electron chi connectivity index (χ3n) is 2.49. The lowest BCUT2D eigenvalue weighted by atomic mass is 10.2. The van der Waals surface area contributed by atoms with Crippen LogP contribution in [0.4, 0.5) is 0 Å². The molecule has 2 atom stereocenters. The molecule has 15 heavy (non-hydrogen) atoms. The topological polar surface area (TPSA) is 27.7 Å². The Kier molecular flexibility index (Phi) is 5.63. The summed E-state index contributed by atoms with van der Waals surface area (Å²) in [5.41, 5.74) is 0.401. The van der Waals surface area contributed by atoms with Crippen molar-refractivity contribution in [2.45, 2.75) is 49.4 Å². The highest BCUT2D eigenvalue weighted by atomic mass is 32.2. The number of hydrogen-bond acceptors (Lipinski definition) is 5. The summed E-state index contributed by atoms with van der Waals surface area (Å²) in [5, 5.41) is 0. The van der Waals surface area contributed by atoms with E-state index in [1.807, 2.05) is 0 Å². The van der Waals surface area contributed by atoms with E-state index in [0.29, 0.717) is 0 Å². The predicted molar refractivity (Wildman–Crippen MR) is 63.4 cm³/mol. The predicted octanol–water partition coefficient (Wildman–Crippen LogP) is 3.35. The van der Waals surface area contributed by atoms with E-state index >= 15 is 0 Å². The molecule has 0 N–H and O–H groups in total. The van der Waals surface area contributed by atoms with E-state index < -0.39 is 0 Å². The summed E-state index contributed by atoms with van der Waals surface area (Å²) in [6.45, 7) is 1.72. The Hall–Kier alpha value is 0.580. The zero-order chi connectivity index (χ0) is 10.3. The highest BCUT2D eigenvalue weighted by Crippen LogP contribution is 2.31. The lowest BCUT2D eigenvalue weighted by molar-refractivity contribution is 0.0766. The molecule has 2 rings (SSSR count). The van der Waals surface area contributed by atoms with Crippen LogP contribution in [-0.2, 0) is 13.1 Å². The van der Waals surface area contributed by atoms with E-state index in [2.05, 4.69) is 0 Å². The summed E-state index contributed by atoms with van der Waals surface area (Å²) in [4.78, 5) is 0. The summed E-state index contributed by atoms with van der Waals surface area (Å²) in [6, 6.07) is 0. The maximum absolute atomic E-state index is 5.97. The van der Waals surface area contributed by atoms with E-state index in [0.717, 1.165) is 38.9 Å². The van der Waals surface area contributed by atoms with Gasteiger partial charge in [0, 0.05) is 24.1 Å². The fraction of sp³-hybridized carbons (Fsp3) is 1.00. The summed E-state index contributed by atoms with van der Waals surface area (Å²) in [6.07, 6.45) is 6.91. The van der Waals surface area contributed by atoms with Crippen molar-refractivity contribution in [3.8, 4) is 0 Å². The summed E-state index contributed by atoms with van der Waals surface area (Å²) < 4.78 is 16.8. The van der Waals surface area contributed by atoms with Crippen LogP contribution in [0.15, 0.2) is 0 Å². The average Bonchev–Trinajstić information content (AvgIpc) is 2.63. The highest BCUT2D eigenvalue weighted by Gasteiger charge is 2.21. The van der Waals surface area contributed by atoms with Gasteiger partial charge in [-0.2, -0.15) is 0 Å². The molecule has 0 aromatic rings. The van der Waals surface area contributed by atoms with Crippen LogP contribution in [0.2, 0.25) is 0 Å². The van der Waals surface area contributed by atoms with Crippen LogP contribution in [-0.4, -0.2) is 24.1 Å². The van der Waals surface area contributed by atoms with Crippen LogP contribution in [0.1, 0.15) is 38.5 Å². The summed E-state index contributed by atoms with van der Waals surface area (Å²) in [5.74, 6) is 0. The summed E-state index contributed by atoms with van der Waals surface area (Å²) >= 11 is 2.99. The van der Waals surface area contributed by atoms with Gasteiger partial charge >= 0.3 is 0 Å². The standard InChI is InChI=1S/C10H18O3S2/c1-3-7-11-14-9(5-1)13-10-6-2-4-8-12-15-10/h9-10H,1-8H2. The van der Waals surface area contributed by atoms with Crippen LogP contribution in [0.3, 0.4) is 0 Å². The fourth-order valence-electron chi connectivity index (χ4n) is 1.64. The van der Waals surface area contributed by atoms with Crippen molar-refractivity contribution in [1.82, 2.24) is 0 Å². The Morgan fingerprint density at radius 2 is 1.33 bits per heavy atom. The Labute approximate surface area is 100 Å². The summed E-state index contributed by atoms with van der Waals surface area (Å²) in [7, 11) is 0. The largest absolute Gasteiger partial charge is 0.349 e. The first-order valence-electron chi connectivity index (χ1n) is 5.67. The van der Waals surface area contributed by atoms with Gasteiger partial charge in [-0.15, -0.1) is 0 Å². The quantitative estimate of drug-likeness (QED) is 0.701. The molecule has 0 aromatic heterocycles. The Balaban J connectivity index is 1.73. The molecule has 2 aliphatic rings. The molecule has 0 amide bonds. The van der Waals surface area contributed by atoms with Crippen molar-refractivity contribution in [3.63, 3.8) is 0 Å². The first-order valence-corrected chi connectivity index (χ1v) is 7.28. The van der Waals surface area contributed by atoms with Crippen LogP contribution in [0.25, 0.3) is 0 Å². The van der Waals surface area contributed by atoms with Gasteiger partial charge in [0.05, 0.1) is 13.2 Å². The second-order valence-corrected chi connectivity index (χ2v) is 5.73. The van der Waals surface area contributed by atoms with Gasteiger partial charge < -0.3 is 13.1 Å². The van der Waals surface area contributed by atoms with Gasteiger partial charge in [0.15, 0.2) is 0 Å². The minimum Gasteiger partial charge on any atom is -0.349 e. The van der Waals surface area contributed by atoms with E-state index in [1.165, 1.54) is 36.9 Å². The average molecular weight is 250 g/mol. The van der Waals surface area contributed by atoms with Gasteiger partial charge in [-0.3, -0.25) is 0 Å². The Morgan fingerprint density at radius 3 is 1.87 bits per heavy atom. The molecule has 3 nitrogen and oxygen atoms in total. The first kappa shape index (κ1) is 12.0. The van der Waals surface area contributed by atoms with Gasteiger partial charge in [0.1, 0.15) is 10.9 Å². The third-order valence-corrected chi connectivity index (χ3v) is 4.22. The molecule has 0 radical (unpaired) electrons. The monoisotopic (exact) mass is 250 g/mol. The Morgan fingerprint density at radius 1 is 0.800 bits per heavy atom. The van der Waals surface area contributed by atoms with E-state index in [1.54, 1.807) is 0 Å². The zero-order valence-corrected chi connectivity index (χ0v) is 10.5. The van der Waals surface area contributed by atoms with Gasteiger partial charge in [0.25, 0.3) is 0 Å². The van der Waals surface area contributed by atoms with Crippen molar-refractivity contribution in [3.05, 3.63) is 0 Å². The molecule has 0 bridgehead atoms. The molecule has 5 heteroatoms. The lowest BCUT2D eigenvalue weighted by Gasteiger charge is -2.20. The third kappa shape index (κ3) is 4.53. The SMILES string of the molecule is C1CCC(OC2CCCCOS2)SOC1. The van der Waals surface area contributed by atoms with Crippen molar-refractivity contribution in [2.24, 2.45) is 0 Å². The van der Waals surface area contributed by atoms with E-state index in [4.69, 9.17) is 13.1 Å². The van der Waals surface area contributed by atoms with Gasteiger partial charge in [-0.1, -0.05) is 0 Å². The normalized spacial score (nSPS) is 34.4. The van der Waals surface area contributed by atoms with Crippen molar-refractivity contribution in [2.75, 3.05) is 13.2 Å². The van der Waals surface area contributed by atoms with Gasteiger partial charge in [-0.25, -0.2) is 0 Å². The molecule has 0 aromatic carbocycles. The second-order valence-electron chi connectivity index (χ2n) is 3.82. The molecule has 2 aliphatic heterocycles. The second kappa shape index (κ2) is 7.01. The number of rotatable bonds is 2. The van der Waals surface area contributed by atoms with E-state index in [9.17, 15) is 0 Å². The van der Waals surface area contributed by atoms with Crippen molar-refractivity contribution < 1.29 is 13.1 Å². The number of hydrogen-bond donors (Lipinski definition) is 0. The molecule has 88 valence electrons. The fourth-order valence-corrected chi connectivity index (χ4v) is 3.33. The highest BCUT2D eigenvalue weighted by molar-refractivity contribution is 7.95. The van der Waals surface area contributed by atoms with Crippen LogP contribution >= 0.6 is 24.1 Å². The molecular weight excluding hydrogens is 232 g/mol. The van der Waals surface area contributed by atoms with Crippen molar-refractivity contribution in [1.29, 1.82) is 0 Å². The van der Waals surface area contributed by atoms with Gasteiger partial charge in [0.2, 0.25) is 0 Å².